The van der Waals surface area contributed by atoms with Crippen LogP contribution in [-0.2, 0) is 10.0 Å². The average Bonchev–Trinajstić information content (AvgIpc) is 2.95. The van der Waals surface area contributed by atoms with Crippen molar-refractivity contribution in [2.45, 2.75) is 4.90 Å². The third-order valence-corrected chi connectivity index (χ3v) is 5.62. The van der Waals surface area contributed by atoms with Crippen LogP contribution in [0.2, 0.25) is 0 Å². The fourth-order valence-electron chi connectivity index (χ4n) is 2.08. The van der Waals surface area contributed by atoms with Crippen LogP contribution < -0.4 is 9.46 Å². The molecule has 0 saturated heterocycles. The Morgan fingerprint density at radius 2 is 2.00 bits per heavy atom. The summed E-state index contributed by atoms with van der Waals surface area (Å²) in [5, 5.41) is 11.1. The van der Waals surface area contributed by atoms with Crippen LogP contribution in [0.3, 0.4) is 0 Å². The highest BCUT2D eigenvalue weighted by molar-refractivity contribution is 7.93. The number of nitro benzene ring substituents is 1. The molecule has 2 aromatic carbocycles. The van der Waals surface area contributed by atoms with E-state index in [9.17, 15) is 18.5 Å². The van der Waals surface area contributed by atoms with E-state index in [4.69, 9.17) is 4.74 Å². The number of benzene rings is 2. The van der Waals surface area contributed by atoms with E-state index in [2.05, 4.69) is 9.71 Å². The average molecular weight is 365 g/mol. The van der Waals surface area contributed by atoms with Gasteiger partial charge in [-0.3, -0.25) is 14.8 Å². The van der Waals surface area contributed by atoms with Gasteiger partial charge in [-0.2, -0.15) is 0 Å². The van der Waals surface area contributed by atoms with Crippen molar-refractivity contribution in [1.29, 1.82) is 0 Å². The largest absolute Gasteiger partial charge is 0.497 e. The second-order valence-corrected chi connectivity index (χ2v) is 7.36. The minimum atomic E-state index is -4.13. The normalized spacial score (nSPS) is 11.4. The van der Waals surface area contributed by atoms with E-state index in [0.717, 1.165) is 22.1 Å². The minimum Gasteiger partial charge on any atom is -0.497 e. The van der Waals surface area contributed by atoms with E-state index in [1.54, 1.807) is 18.2 Å². The quantitative estimate of drug-likeness (QED) is 0.549. The molecule has 3 aromatic rings. The van der Waals surface area contributed by atoms with E-state index in [1.807, 2.05) is 0 Å². The van der Waals surface area contributed by atoms with E-state index in [1.165, 1.54) is 25.3 Å². The second kappa shape index (κ2) is 6.06. The smallest absolute Gasteiger partial charge is 0.289 e. The third kappa shape index (κ3) is 3.01. The number of hydrogen-bond donors (Lipinski definition) is 1. The van der Waals surface area contributed by atoms with Gasteiger partial charge in [-0.1, -0.05) is 23.5 Å². The fraction of sp³-hybridized carbons (Fsp3) is 0.0714. The molecule has 0 amide bonds. The number of nitrogens with one attached hydrogen (secondary N) is 1. The maximum Gasteiger partial charge on any atom is 0.289 e. The van der Waals surface area contributed by atoms with E-state index < -0.39 is 25.5 Å². The molecule has 0 aliphatic heterocycles. The van der Waals surface area contributed by atoms with Crippen molar-refractivity contribution in [3.05, 3.63) is 52.6 Å². The molecule has 0 aliphatic carbocycles. The van der Waals surface area contributed by atoms with Crippen LogP contribution in [0.15, 0.2) is 47.4 Å². The van der Waals surface area contributed by atoms with Crippen molar-refractivity contribution in [2.75, 3.05) is 11.8 Å². The maximum absolute atomic E-state index is 12.5. The summed E-state index contributed by atoms with van der Waals surface area (Å²) in [7, 11) is -2.60. The molecule has 1 N–H and O–H groups in total. The molecule has 0 bridgehead atoms. The summed E-state index contributed by atoms with van der Waals surface area (Å²) in [5.74, 6) is 0.624. The molecular formula is C14H11N3O5S2. The van der Waals surface area contributed by atoms with Crippen LogP contribution in [0.4, 0.5) is 10.8 Å². The summed E-state index contributed by atoms with van der Waals surface area (Å²) >= 11 is 1.11. The summed E-state index contributed by atoms with van der Waals surface area (Å²) < 4.78 is 33.0. The van der Waals surface area contributed by atoms with Crippen molar-refractivity contribution in [3.8, 4) is 5.75 Å². The Hall–Kier alpha value is -2.72. The summed E-state index contributed by atoms with van der Waals surface area (Å²) in [6.07, 6.45) is 0. The third-order valence-electron chi connectivity index (χ3n) is 3.17. The number of methoxy groups -OCH3 is 1. The van der Waals surface area contributed by atoms with Crippen LogP contribution in [0.25, 0.3) is 10.2 Å². The summed E-state index contributed by atoms with van der Waals surface area (Å²) in [6, 6.07) is 10.3. The Bertz CT molecular complexity index is 1030. The predicted octanol–water partition coefficient (Wildman–Crippen LogP) is 3.01. The Labute approximate surface area is 140 Å². The van der Waals surface area contributed by atoms with Crippen LogP contribution in [0, 0.1) is 10.1 Å². The minimum absolute atomic E-state index is 0.122. The first-order chi connectivity index (χ1) is 11.4. The number of ether oxygens (including phenoxy) is 1. The van der Waals surface area contributed by atoms with Crippen LogP contribution in [-0.4, -0.2) is 25.4 Å². The number of aromatic nitrogens is 1. The van der Waals surface area contributed by atoms with Gasteiger partial charge in [0.1, 0.15) is 5.75 Å². The molecule has 3 rings (SSSR count). The van der Waals surface area contributed by atoms with Gasteiger partial charge in [-0.15, -0.1) is 0 Å². The van der Waals surface area contributed by atoms with Crippen molar-refractivity contribution >= 4 is 42.4 Å². The number of thiazole rings is 1. The number of fused-ring (bicyclic) bond motifs is 1. The number of nitro groups is 1. The lowest BCUT2D eigenvalue weighted by Gasteiger charge is -2.05. The molecule has 0 unspecified atom stereocenters. The van der Waals surface area contributed by atoms with Gasteiger partial charge in [0, 0.05) is 6.07 Å². The van der Waals surface area contributed by atoms with Gasteiger partial charge >= 0.3 is 0 Å². The highest BCUT2D eigenvalue weighted by Gasteiger charge is 2.26. The highest BCUT2D eigenvalue weighted by atomic mass is 32.2. The lowest BCUT2D eigenvalue weighted by atomic mass is 10.3. The second-order valence-electron chi connectivity index (χ2n) is 4.68. The molecule has 0 aliphatic rings. The first-order valence-corrected chi connectivity index (χ1v) is 8.91. The molecule has 0 atom stereocenters. The Kier molecular flexibility index (Phi) is 4.08. The van der Waals surface area contributed by atoms with E-state index in [-0.39, 0.29) is 5.13 Å². The zero-order valence-corrected chi connectivity index (χ0v) is 13.9. The van der Waals surface area contributed by atoms with Crippen LogP contribution >= 0.6 is 11.3 Å². The molecule has 1 heterocycles. The maximum atomic E-state index is 12.5. The summed E-state index contributed by atoms with van der Waals surface area (Å²) in [6.45, 7) is 0. The lowest BCUT2D eigenvalue weighted by Crippen LogP contribution is -2.14. The summed E-state index contributed by atoms with van der Waals surface area (Å²) in [5.41, 5.74) is 0.105. The van der Waals surface area contributed by atoms with Crippen molar-refractivity contribution in [1.82, 2.24) is 4.98 Å². The van der Waals surface area contributed by atoms with Gasteiger partial charge in [-0.25, -0.2) is 13.4 Å². The topological polar surface area (TPSA) is 111 Å². The molecule has 0 fully saturated rings. The van der Waals surface area contributed by atoms with Crippen molar-refractivity contribution in [3.63, 3.8) is 0 Å². The van der Waals surface area contributed by atoms with Crippen LogP contribution in [0.1, 0.15) is 0 Å². The Morgan fingerprint density at radius 1 is 1.25 bits per heavy atom. The fourth-order valence-corrected chi connectivity index (χ4v) is 4.38. The molecule has 10 heteroatoms. The molecule has 1 aromatic heterocycles. The van der Waals surface area contributed by atoms with Gasteiger partial charge in [0.15, 0.2) is 10.0 Å². The number of anilines is 1. The molecule has 0 spiro atoms. The van der Waals surface area contributed by atoms with Crippen molar-refractivity contribution < 1.29 is 18.1 Å². The lowest BCUT2D eigenvalue weighted by molar-refractivity contribution is -0.387. The number of nitrogens with zero attached hydrogens (tertiary/aromatic N) is 2. The van der Waals surface area contributed by atoms with Crippen molar-refractivity contribution in [2.24, 2.45) is 0 Å². The molecule has 24 heavy (non-hydrogen) atoms. The number of sulfonamides is 1. The SMILES string of the molecule is COc1ccc2nc(NS(=O)(=O)c3ccccc3[N+](=O)[O-])sc2c1. The van der Waals surface area contributed by atoms with E-state index >= 15 is 0 Å². The Morgan fingerprint density at radius 3 is 2.71 bits per heavy atom. The molecule has 0 saturated carbocycles. The van der Waals surface area contributed by atoms with Crippen LogP contribution in [0.5, 0.6) is 5.75 Å². The van der Waals surface area contributed by atoms with Gasteiger partial charge < -0.3 is 4.74 Å². The van der Waals surface area contributed by atoms with E-state index in [0.29, 0.717) is 11.3 Å². The number of para-hydroxylation sites is 1. The number of rotatable bonds is 5. The summed E-state index contributed by atoms with van der Waals surface area (Å²) in [4.78, 5) is 14.0. The molecular weight excluding hydrogens is 354 g/mol. The van der Waals surface area contributed by atoms with Gasteiger partial charge in [0.25, 0.3) is 15.7 Å². The molecule has 8 nitrogen and oxygen atoms in total. The standard InChI is InChI=1S/C14H11N3O5S2/c1-22-9-6-7-10-12(8-9)23-14(15-10)16-24(20,21)13-5-3-2-4-11(13)17(18)19/h2-8H,1H3,(H,15,16). The molecule has 0 radical (unpaired) electrons. The van der Waals surface area contributed by atoms with Gasteiger partial charge in [-0.05, 0) is 24.3 Å². The zero-order valence-electron chi connectivity index (χ0n) is 12.3. The zero-order chi connectivity index (χ0) is 17.3. The van der Waals surface area contributed by atoms with Gasteiger partial charge in [0.2, 0.25) is 0 Å². The monoisotopic (exact) mass is 365 g/mol. The first kappa shape index (κ1) is 16.1. The predicted molar refractivity (Wildman–Crippen MR) is 90.1 cm³/mol. The number of hydrogen-bond acceptors (Lipinski definition) is 7. The van der Waals surface area contributed by atoms with Gasteiger partial charge in [0.05, 0.1) is 22.2 Å². The molecule has 124 valence electrons. The highest BCUT2D eigenvalue weighted by Crippen LogP contribution is 2.31. The Balaban J connectivity index is 1.99. The first-order valence-electron chi connectivity index (χ1n) is 6.61.